The van der Waals surface area contributed by atoms with E-state index in [9.17, 15) is 4.79 Å². The molecule has 3 rings (SSSR count). The number of carbonyl (C=O) groups is 1. The summed E-state index contributed by atoms with van der Waals surface area (Å²) in [4.78, 5) is 14.0. The normalized spacial score (nSPS) is 19.1. The molecule has 1 aliphatic heterocycles. The molecule has 0 saturated carbocycles. The number of aliphatic carboxylic acids is 1. The van der Waals surface area contributed by atoms with E-state index in [4.69, 9.17) is 9.63 Å². The van der Waals surface area contributed by atoms with Gasteiger partial charge in [-0.05, 0) is 36.8 Å². The summed E-state index contributed by atoms with van der Waals surface area (Å²) in [6, 6.07) is 6.01. The highest BCUT2D eigenvalue weighted by atomic mass is 32.1. The fourth-order valence-corrected chi connectivity index (χ4v) is 3.44. The number of aromatic nitrogens is 1. The zero-order valence-electron chi connectivity index (χ0n) is 11.7. The van der Waals surface area contributed by atoms with Gasteiger partial charge in [0.05, 0.1) is 10.6 Å². The predicted octanol–water partition coefficient (Wildman–Crippen LogP) is 3.09. The van der Waals surface area contributed by atoms with Crippen LogP contribution in [-0.4, -0.2) is 34.2 Å². The quantitative estimate of drug-likeness (QED) is 0.888. The molecule has 112 valence electrons. The Kier molecular flexibility index (Phi) is 4.36. The van der Waals surface area contributed by atoms with Gasteiger partial charge in [0.25, 0.3) is 0 Å². The number of rotatable bonds is 6. The SMILES string of the molecule is O=C(O)CCC1CCN(Cc2cc(-c3cccs3)on2)C1. The lowest BCUT2D eigenvalue weighted by Gasteiger charge is -2.13. The van der Waals surface area contributed by atoms with Crippen LogP contribution in [0.2, 0.25) is 0 Å². The molecule has 1 atom stereocenters. The minimum atomic E-state index is -0.703. The summed E-state index contributed by atoms with van der Waals surface area (Å²) < 4.78 is 5.38. The first-order chi connectivity index (χ1) is 10.2. The largest absolute Gasteiger partial charge is 0.481 e. The van der Waals surface area contributed by atoms with Crippen molar-refractivity contribution in [3.63, 3.8) is 0 Å². The number of carboxylic acid groups (broad SMARTS) is 1. The summed E-state index contributed by atoms with van der Waals surface area (Å²) in [7, 11) is 0. The van der Waals surface area contributed by atoms with Gasteiger partial charge in [-0.25, -0.2) is 0 Å². The van der Waals surface area contributed by atoms with Gasteiger partial charge in [0.1, 0.15) is 0 Å². The molecule has 0 bridgehead atoms. The highest BCUT2D eigenvalue weighted by molar-refractivity contribution is 7.13. The van der Waals surface area contributed by atoms with E-state index < -0.39 is 5.97 Å². The second-order valence-electron chi connectivity index (χ2n) is 5.48. The maximum Gasteiger partial charge on any atom is 0.303 e. The summed E-state index contributed by atoms with van der Waals surface area (Å²) in [5.41, 5.74) is 0.942. The minimum absolute atomic E-state index is 0.269. The van der Waals surface area contributed by atoms with Gasteiger partial charge in [-0.15, -0.1) is 11.3 Å². The van der Waals surface area contributed by atoms with E-state index in [-0.39, 0.29) is 6.42 Å². The molecule has 2 aromatic rings. The van der Waals surface area contributed by atoms with Crippen LogP contribution in [0.5, 0.6) is 0 Å². The molecule has 1 unspecified atom stereocenters. The van der Waals surface area contributed by atoms with Crippen LogP contribution < -0.4 is 0 Å². The summed E-state index contributed by atoms with van der Waals surface area (Å²) in [6.45, 7) is 2.73. The molecular formula is C15H18N2O3S. The van der Waals surface area contributed by atoms with Crippen LogP contribution in [-0.2, 0) is 11.3 Å². The van der Waals surface area contributed by atoms with Gasteiger partial charge in [-0.2, -0.15) is 0 Å². The van der Waals surface area contributed by atoms with Gasteiger partial charge >= 0.3 is 5.97 Å². The minimum Gasteiger partial charge on any atom is -0.481 e. The fraction of sp³-hybridized carbons (Fsp3) is 0.467. The van der Waals surface area contributed by atoms with E-state index in [0.717, 1.165) is 48.8 Å². The lowest BCUT2D eigenvalue weighted by atomic mass is 10.0. The average molecular weight is 306 g/mol. The van der Waals surface area contributed by atoms with E-state index in [1.54, 1.807) is 11.3 Å². The average Bonchev–Trinajstić information content (AvgIpc) is 3.18. The van der Waals surface area contributed by atoms with Crippen molar-refractivity contribution in [2.45, 2.75) is 25.8 Å². The number of likely N-dealkylation sites (tertiary alicyclic amines) is 1. The van der Waals surface area contributed by atoms with Crippen LogP contribution in [0.4, 0.5) is 0 Å². The Hall–Kier alpha value is -1.66. The number of thiophene rings is 1. The number of hydrogen-bond acceptors (Lipinski definition) is 5. The molecule has 6 heteroatoms. The zero-order valence-corrected chi connectivity index (χ0v) is 12.5. The number of carboxylic acids is 1. The van der Waals surface area contributed by atoms with Crippen LogP contribution in [0.1, 0.15) is 25.0 Å². The summed E-state index contributed by atoms with van der Waals surface area (Å²) >= 11 is 1.64. The van der Waals surface area contributed by atoms with E-state index in [0.29, 0.717) is 5.92 Å². The molecule has 2 aromatic heterocycles. The summed E-state index contributed by atoms with van der Waals surface area (Å²) in [5, 5.41) is 14.9. The second-order valence-corrected chi connectivity index (χ2v) is 6.43. The van der Waals surface area contributed by atoms with Crippen LogP contribution in [0.25, 0.3) is 10.6 Å². The van der Waals surface area contributed by atoms with Crippen molar-refractivity contribution in [3.8, 4) is 10.6 Å². The smallest absolute Gasteiger partial charge is 0.303 e. The Balaban J connectivity index is 1.52. The van der Waals surface area contributed by atoms with Crippen molar-refractivity contribution in [2.24, 2.45) is 5.92 Å². The molecule has 0 radical (unpaired) electrons. The van der Waals surface area contributed by atoms with Gasteiger partial charge in [0.2, 0.25) is 0 Å². The summed E-state index contributed by atoms with van der Waals surface area (Å²) in [6.07, 6.45) is 2.11. The third kappa shape index (κ3) is 3.71. The highest BCUT2D eigenvalue weighted by Gasteiger charge is 2.23. The molecule has 5 nitrogen and oxygen atoms in total. The van der Waals surface area contributed by atoms with Crippen LogP contribution in [0, 0.1) is 5.92 Å². The molecule has 1 N–H and O–H groups in total. The van der Waals surface area contributed by atoms with Gasteiger partial charge in [-0.1, -0.05) is 11.2 Å². The molecule has 0 aliphatic carbocycles. The van der Waals surface area contributed by atoms with Crippen LogP contribution in [0.3, 0.4) is 0 Å². The highest BCUT2D eigenvalue weighted by Crippen LogP contribution is 2.27. The molecule has 0 spiro atoms. The predicted molar refractivity (Wildman–Crippen MR) is 80.1 cm³/mol. The Bertz CT molecular complexity index is 594. The molecule has 1 saturated heterocycles. The van der Waals surface area contributed by atoms with Crippen molar-refractivity contribution in [3.05, 3.63) is 29.3 Å². The van der Waals surface area contributed by atoms with Crippen molar-refractivity contribution in [2.75, 3.05) is 13.1 Å². The van der Waals surface area contributed by atoms with Crippen molar-refractivity contribution in [1.29, 1.82) is 0 Å². The maximum absolute atomic E-state index is 10.6. The molecule has 0 amide bonds. The van der Waals surface area contributed by atoms with Gasteiger partial charge in [-0.3, -0.25) is 9.69 Å². The van der Waals surface area contributed by atoms with E-state index in [1.165, 1.54) is 0 Å². The van der Waals surface area contributed by atoms with Gasteiger partial charge in [0.15, 0.2) is 5.76 Å². The molecular weight excluding hydrogens is 288 g/mol. The van der Waals surface area contributed by atoms with Crippen LogP contribution >= 0.6 is 11.3 Å². The van der Waals surface area contributed by atoms with Crippen molar-refractivity contribution >= 4 is 17.3 Å². The molecule has 0 aromatic carbocycles. The molecule has 21 heavy (non-hydrogen) atoms. The number of hydrogen-bond donors (Lipinski definition) is 1. The van der Waals surface area contributed by atoms with Crippen LogP contribution in [0.15, 0.2) is 28.1 Å². The lowest BCUT2D eigenvalue weighted by molar-refractivity contribution is -0.137. The Labute approximate surface area is 127 Å². The number of nitrogens with zero attached hydrogens (tertiary/aromatic N) is 2. The first kappa shape index (κ1) is 14.3. The van der Waals surface area contributed by atoms with Crippen molar-refractivity contribution in [1.82, 2.24) is 10.1 Å². The molecule has 1 aliphatic rings. The third-order valence-electron chi connectivity index (χ3n) is 3.85. The molecule has 3 heterocycles. The van der Waals surface area contributed by atoms with E-state index in [1.807, 2.05) is 23.6 Å². The standard InChI is InChI=1S/C15H18N2O3S/c18-15(19)4-3-11-5-6-17(9-11)10-12-8-13(20-16-12)14-2-1-7-21-14/h1-2,7-8,11H,3-6,9-10H2,(H,18,19). The Morgan fingerprint density at radius 3 is 3.24 bits per heavy atom. The lowest BCUT2D eigenvalue weighted by Crippen LogP contribution is -2.20. The fourth-order valence-electron chi connectivity index (χ4n) is 2.77. The van der Waals surface area contributed by atoms with Gasteiger partial charge in [0, 0.05) is 25.6 Å². The first-order valence-electron chi connectivity index (χ1n) is 7.14. The van der Waals surface area contributed by atoms with E-state index >= 15 is 0 Å². The second kappa shape index (κ2) is 6.41. The Morgan fingerprint density at radius 1 is 1.57 bits per heavy atom. The maximum atomic E-state index is 10.6. The Morgan fingerprint density at radius 2 is 2.48 bits per heavy atom. The van der Waals surface area contributed by atoms with Gasteiger partial charge < -0.3 is 9.63 Å². The zero-order chi connectivity index (χ0) is 14.7. The summed E-state index contributed by atoms with van der Waals surface area (Å²) in [5.74, 6) is 0.608. The monoisotopic (exact) mass is 306 g/mol. The molecule has 1 fully saturated rings. The third-order valence-corrected chi connectivity index (χ3v) is 4.73. The topological polar surface area (TPSA) is 66.6 Å². The first-order valence-corrected chi connectivity index (χ1v) is 8.02. The van der Waals surface area contributed by atoms with E-state index in [2.05, 4.69) is 10.1 Å². The van der Waals surface area contributed by atoms with Crippen molar-refractivity contribution < 1.29 is 14.4 Å².